The van der Waals surface area contributed by atoms with Gasteiger partial charge in [-0.05, 0) is 38.5 Å². The maximum absolute atomic E-state index is 12.4. The van der Waals surface area contributed by atoms with Crippen LogP contribution in [0.4, 0.5) is 0 Å². The molecule has 5 nitrogen and oxygen atoms in total. The van der Waals surface area contributed by atoms with Gasteiger partial charge in [-0.2, -0.15) is 4.72 Å². The van der Waals surface area contributed by atoms with E-state index in [1.807, 2.05) is 0 Å². The lowest BCUT2D eigenvalue weighted by Crippen LogP contribution is -2.27. The Morgan fingerprint density at radius 3 is 2.65 bits per heavy atom. The standard InChI is InChI=1S/C13H15BrN2O3S/c1-8-4-5-11(14)6-12(8)20(17,18)16-10(3)13-15-7-9(2)19-13/h4-7,10,16H,1-3H3. The molecule has 2 aromatic rings. The molecule has 0 spiro atoms. The van der Waals surface area contributed by atoms with E-state index in [1.165, 1.54) is 0 Å². The van der Waals surface area contributed by atoms with Crippen LogP contribution in [0.1, 0.15) is 30.2 Å². The van der Waals surface area contributed by atoms with Gasteiger partial charge < -0.3 is 4.42 Å². The van der Waals surface area contributed by atoms with Gasteiger partial charge in [0, 0.05) is 4.47 Å². The fourth-order valence-electron chi connectivity index (χ4n) is 1.78. The number of nitrogens with one attached hydrogen (secondary N) is 1. The summed E-state index contributed by atoms with van der Waals surface area (Å²) in [4.78, 5) is 4.27. The second-order valence-electron chi connectivity index (χ2n) is 4.56. The molecule has 20 heavy (non-hydrogen) atoms. The third-order valence-corrected chi connectivity index (χ3v) is 4.96. The summed E-state index contributed by atoms with van der Waals surface area (Å²) < 4.78 is 33.4. The van der Waals surface area contributed by atoms with Gasteiger partial charge in [0.15, 0.2) is 0 Å². The number of oxazole rings is 1. The first-order valence-electron chi connectivity index (χ1n) is 6.00. The summed E-state index contributed by atoms with van der Waals surface area (Å²) in [6.45, 7) is 5.20. The first-order valence-corrected chi connectivity index (χ1v) is 8.28. The Hall–Kier alpha value is -1.18. The van der Waals surface area contributed by atoms with E-state index in [1.54, 1.807) is 45.2 Å². The minimum Gasteiger partial charge on any atom is -0.444 e. The Morgan fingerprint density at radius 2 is 2.05 bits per heavy atom. The summed E-state index contributed by atoms with van der Waals surface area (Å²) in [5, 5.41) is 0. The summed E-state index contributed by atoms with van der Waals surface area (Å²) in [6, 6.07) is 4.59. The molecule has 1 atom stereocenters. The smallest absolute Gasteiger partial charge is 0.241 e. The Balaban J connectivity index is 2.29. The summed E-state index contributed by atoms with van der Waals surface area (Å²) in [6.07, 6.45) is 1.56. The highest BCUT2D eigenvalue weighted by Crippen LogP contribution is 2.22. The predicted molar refractivity (Wildman–Crippen MR) is 78.9 cm³/mol. The molecule has 0 saturated heterocycles. The molecule has 1 aromatic heterocycles. The normalized spacial score (nSPS) is 13.4. The van der Waals surface area contributed by atoms with Crippen molar-refractivity contribution in [3.05, 3.63) is 46.1 Å². The molecule has 1 unspecified atom stereocenters. The van der Waals surface area contributed by atoms with Crippen LogP contribution in [0.5, 0.6) is 0 Å². The number of hydrogen-bond donors (Lipinski definition) is 1. The maximum Gasteiger partial charge on any atom is 0.241 e. The molecule has 0 saturated carbocycles. The fraction of sp³-hybridized carbons (Fsp3) is 0.308. The number of aryl methyl sites for hydroxylation is 2. The molecule has 1 aromatic carbocycles. The number of hydrogen-bond acceptors (Lipinski definition) is 4. The summed E-state index contributed by atoms with van der Waals surface area (Å²) in [7, 11) is -3.63. The van der Waals surface area contributed by atoms with Crippen molar-refractivity contribution < 1.29 is 12.8 Å². The molecule has 0 radical (unpaired) electrons. The molecule has 0 fully saturated rings. The highest BCUT2D eigenvalue weighted by molar-refractivity contribution is 9.10. The summed E-state index contributed by atoms with van der Waals surface area (Å²) in [5.41, 5.74) is 0.677. The second kappa shape index (κ2) is 5.67. The van der Waals surface area contributed by atoms with Gasteiger partial charge in [0.2, 0.25) is 15.9 Å². The van der Waals surface area contributed by atoms with Crippen LogP contribution in [0.25, 0.3) is 0 Å². The Labute approximate surface area is 126 Å². The van der Waals surface area contributed by atoms with E-state index in [-0.39, 0.29) is 4.90 Å². The predicted octanol–water partition coefficient (Wildman–Crippen LogP) is 3.09. The monoisotopic (exact) mass is 358 g/mol. The van der Waals surface area contributed by atoms with Crippen LogP contribution in [0.2, 0.25) is 0 Å². The van der Waals surface area contributed by atoms with Gasteiger partial charge in [-0.15, -0.1) is 0 Å². The SMILES string of the molecule is Cc1cnc(C(C)NS(=O)(=O)c2cc(Br)ccc2C)o1. The van der Waals surface area contributed by atoms with E-state index in [2.05, 4.69) is 25.6 Å². The van der Waals surface area contributed by atoms with Gasteiger partial charge in [0.05, 0.1) is 17.1 Å². The molecule has 7 heteroatoms. The average molecular weight is 359 g/mol. The number of rotatable bonds is 4. The number of sulfonamides is 1. The average Bonchev–Trinajstić information content (AvgIpc) is 2.78. The topological polar surface area (TPSA) is 72.2 Å². The van der Waals surface area contributed by atoms with E-state index < -0.39 is 16.1 Å². The fourth-order valence-corrected chi connectivity index (χ4v) is 3.76. The second-order valence-corrected chi connectivity index (χ2v) is 7.16. The molecular weight excluding hydrogens is 344 g/mol. The zero-order valence-corrected chi connectivity index (χ0v) is 13.7. The van der Waals surface area contributed by atoms with Gasteiger partial charge in [-0.25, -0.2) is 13.4 Å². The lowest BCUT2D eigenvalue weighted by atomic mass is 10.2. The summed E-state index contributed by atoms with van der Waals surface area (Å²) in [5.74, 6) is 0.989. The van der Waals surface area contributed by atoms with Crippen LogP contribution >= 0.6 is 15.9 Å². The molecule has 0 aliphatic rings. The van der Waals surface area contributed by atoms with Crippen LogP contribution in [0, 0.1) is 13.8 Å². The lowest BCUT2D eigenvalue weighted by molar-refractivity contribution is 0.427. The first kappa shape index (κ1) is 15.2. The van der Waals surface area contributed by atoms with Crippen LogP contribution in [0.3, 0.4) is 0 Å². The number of halogens is 1. The van der Waals surface area contributed by atoms with Crippen molar-refractivity contribution >= 4 is 26.0 Å². The lowest BCUT2D eigenvalue weighted by Gasteiger charge is -2.13. The molecule has 2 rings (SSSR count). The van der Waals surface area contributed by atoms with Crippen LogP contribution in [-0.4, -0.2) is 13.4 Å². The van der Waals surface area contributed by atoms with Crippen LogP contribution in [-0.2, 0) is 10.0 Å². The number of benzene rings is 1. The van der Waals surface area contributed by atoms with E-state index in [0.717, 1.165) is 0 Å². The van der Waals surface area contributed by atoms with Crippen molar-refractivity contribution in [2.75, 3.05) is 0 Å². The molecule has 0 bridgehead atoms. The highest BCUT2D eigenvalue weighted by atomic mass is 79.9. The van der Waals surface area contributed by atoms with E-state index in [4.69, 9.17) is 4.42 Å². The molecule has 108 valence electrons. The van der Waals surface area contributed by atoms with Gasteiger partial charge in [-0.1, -0.05) is 22.0 Å². The van der Waals surface area contributed by atoms with Crippen molar-refractivity contribution in [1.82, 2.24) is 9.71 Å². The molecule has 1 N–H and O–H groups in total. The molecule has 0 aliphatic heterocycles. The van der Waals surface area contributed by atoms with Gasteiger partial charge in [0.1, 0.15) is 5.76 Å². The number of nitrogens with zero attached hydrogens (tertiary/aromatic N) is 1. The first-order chi connectivity index (χ1) is 9.29. The minimum atomic E-state index is -3.63. The van der Waals surface area contributed by atoms with Gasteiger partial charge >= 0.3 is 0 Å². The zero-order valence-electron chi connectivity index (χ0n) is 11.3. The quantitative estimate of drug-likeness (QED) is 0.911. The van der Waals surface area contributed by atoms with Crippen LogP contribution < -0.4 is 4.72 Å². The molecular formula is C13H15BrN2O3S. The minimum absolute atomic E-state index is 0.238. The largest absolute Gasteiger partial charge is 0.444 e. The molecule has 0 amide bonds. The highest BCUT2D eigenvalue weighted by Gasteiger charge is 2.22. The van der Waals surface area contributed by atoms with E-state index >= 15 is 0 Å². The summed E-state index contributed by atoms with van der Waals surface area (Å²) >= 11 is 3.28. The van der Waals surface area contributed by atoms with Crippen molar-refractivity contribution in [3.8, 4) is 0 Å². The van der Waals surface area contributed by atoms with Gasteiger partial charge in [-0.3, -0.25) is 0 Å². The van der Waals surface area contributed by atoms with Crippen molar-refractivity contribution in [3.63, 3.8) is 0 Å². The van der Waals surface area contributed by atoms with Crippen LogP contribution in [0.15, 0.2) is 38.2 Å². The van der Waals surface area contributed by atoms with Crippen molar-refractivity contribution in [2.24, 2.45) is 0 Å². The third kappa shape index (κ3) is 3.28. The Kier molecular flexibility index (Phi) is 4.31. The van der Waals surface area contributed by atoms with E-state index in [0.29, 0.717) is 21.7 Å². The zero-order chi connectivity index (χ0) is 14.9. The Morgan fingerprint density at radius 1 is 1.35 bits per heavy atom. The Bertz CT molecular complexity index is 725. The number of aromatic nitrogens is 1. The van der Waals surface area contributed by atoms with Crippen molar-refractivity contribution in [1.29, 1.82) is 0 Å². The molecule has 1 heterocycles. The van der Waals surface area contributed by atoms with E-state index in [9.17, 15) is 8.42 Å². The maximum atomic E-state index is 12.4. The third-order valence-electron chi connectivity index (χ3n) is 2.78. The molecule has 0 aliphatic carbocycles. The van der Waals surface area contributed by atoms with Gasteiger partial charge in [0.25, 0.3) is 0 Å². The van der Waals surface area contributed by atoms with Crippen molar-refractivity contribution in [2.45, 2.75) is 31.7 Å².